The Kier molecular flexibility index (Phi) is 5.34. The molecule has 1 aliphatic rings. The van der Waals surface area contributed by atoms with Crippen LogP contribution in [0.15, 0.2) is 42.6 Å². The van der Waals surface area contributed by atoms with Crippen molar-refractivity contribution in [2.24, 2.45) is 5.92 Å². The lowest BCUT2D eigenvalue weighted by atomic mass is 9.92. The van der Waals surface area contributed by atoms with Gasteiger partial charge in [-0.25, -0.2) is 0 Å². The third-order valence-electron chi connectivity index (χ3n) is 4.95. The third kappa shape index (κ3) is 4.05. The highest BCUT2D eigenvalue weighted by molar-refractivity contribution is 5.92. The predicted octanol–water partition coefficient (Wildman–Crippen LogP) is 4.00. The van der Waals surface area contributed by atoms with E-state index < -0.39 is 0 Å². The van der Waals surface area contributed by atoms with Gasteiger partial charge in [0.1, 0.15) is 5.69 Å². The number of carbonyl (C=O) groups excluding carboxylic acids is 1. The summed E-state index contributed by atoms with van der Waals surface area (Å²) in [6.07, 6.45) is 7.72. The van der Waals surface area contributed by atoms with E-state index >= 15 is 0 Å². The van der Waals surface area contributed by atoms with Crippen molar-refractivity contribution in [3.05, 3.63) is 53.9 Å². The molecule has 128 valence electrons. The van der Waals surface area contributed by atoms with Gasteiger partial charge in [0, 0.05) is 18.3 Å². The molecule has 4 heteroatoms. The molecule has 1 saturated carbocycles. The second kappa shape index (κ2) is 7.65. The zero-order valence-corrected chi connectivity index (χ0v) is 14.6. The SMILES string of the molecule is CC(C)n1ccc(C(=O)NC(Cc2ccccc2)C2CCCC2)n1. The maximum Gasteiger partial charge on any atom is 0.272 e. The number of nitrogens with one attached hydrogen (secondary N) is 1. The van der Waals surface area contributed by atoms with E-state index in [0.717, 1.165) is 6.42 Å². The molecule has 24 heavy (non-hydrogen) atoms. The van der Waals surface area contributed by atoms with Gasteiger partial charge in [0.15, 0.2) is 0 Å². The second-order valence-corrected chi connectivity index (χ2v) is 7.09. The molecule has 1 aliphatic carbocycles. The van der Waals surface area contributed by atoms with Crippen molar-refractivity contribution in [1.82, 2.24) is 15.1 Å². The maximum atomic E-state index is 12.7. The van der Waals surface area contributed by atoms with Crippen molar-refractivity contribution in [1.29, 1.82) is 0 Å². The summed E-state index contributed by atoms with van der Waals surface area (Å²) in [5, 5.41) is 7.66. The Morgan fingerprint density at radius 1 is 1.21 bits per heavy atom. The van der Waals surface area contributed by atoms with Gasteiger partial charge in [0.25, 0.3) is 5.91 Å². The predicted molar refractivity (Wildman–Crippen MR) is 96.0 cm³/mol. The van der Waals surface area contributed by atoms with Crippen LogP contribution in [0.5, 0.6) is 0 Å². The van der Waals surface area contributed by atoms with Crippen LogP contribution in [0.25, 0.3) is 0 Å². The highest BCUT2D eigenvalue weighted by Crippen LogP contribution is 2.29. The number of hydrogen-bond donors (Lipinski definition) is 1. The average Bonchev–Trinajstić information content (AvgIpc) is 3.27. The van der Waals surface area contributed by atoms with Gasteiger partial charge < -0.3 is 5.32 Å². The van der Waals surface area contributed by atoms with E-state index in [1.165, 1.54) is 31.2 Å². The number of carbonyl (C=O) groups is 1. The second-order valence-electron chi connectivity index (χ2n) is 7.09. The summed E-state index contributed by atoms with van der Waals surface area (Å²) in [6, 6.07) is 12.7. The molecule has 2 aromatic rings. The summed E-state index contributed by atoms with van der Waals surface area (Å²) in [5.41, 5.74) is 1.79. The number of nitrogens with zero attached hydrogens (tertiary/aromatic N) is 2. The van der Waals surface area contributed by atoms with Crippen molar-refractivity contribution in [3.63, 3.8) is 0 Å². The Labute approximate surface area is 144 Å². The van der Waals surface area contributed by atoms with Crippen molar-refractivity contribution in [2.45, 2.75) is 58.0 Å². The Morgan fingerprint density at radius 2 is 1.92 bits per heavy atom. The van der Waals surface area contributed by atoms with Gasteiger partial charge in [0.2, 0.25) is 0 Å². The Hall–Kier alpha value is -2.10. The quantitative estimate of drug-likeness (QED) is 0.873. The van der Waals surface area contributed by atoms with Crippen molar-refractivity contribution < 1.29 is 4.79 Å². The average molecular weight is 325 g/mol. The van der Waals surface area contributed by atoms with Gasteiger partial charge in [0.05, 0.1) is 0 Å². The Bertz CT molecular complexity index is 657. The summed E-state index contributed by atoms with van der Waals surface area (Å²) >= 11 is 0. The summed E-state index contributed by atoms with van der Waals surface area (Å²) < 4.78 is 1.83. The van der Waals surface area contributed by atoms with Gasteiger partial charge in [-0.2, -0.15) is 5.10 Å². The molecule has 0 saturated heterocycles. The van der Waals surface area contributed by atoms with Crippen molar-refractivity contribution >= 4 is 5.91 Å². The molecule has 1 fully saturated rings. The fourth-order valence-corrected chi connectivity index (χ4v) is 3.55. The molecule has 3 rings (SSSR count). The Morgan fingerprint density at radius 3 is 2.54 bits per heavy atom. The molecule has 0 radical (unpaired) electrons. The molecule has 1 aromatic heterocycles. The van der Waals surface area contributed by atoms with Crippen molar-refractivity contribution in [2.75, 3.05) is 0 Å². The maximum absolute atomic E-state index is 12.7. The van der Waals surface area contributed by atoms with Gasteiger partial charge in [-0.05, 0) is 50.7 Å². The first-order chi connectivity index (χ1) is 11.6. The summed E-state index contributed by atoms with van der Waals surface area (Å²) in [5.74, 6) is 0.517. The third-order valence-corrected chi connectivity index (χ3v) is 4.95. The van der Waals surface area contributed by atoms with E-state index in [-0.39, 0.29) is 18.0 Å². The van der Waals surface area contributed by atoms with E-state index in [9.17, 15) is 4.79 Å². The summed E-state index contributed by atoms with van der Waals surface area (Å²) in [4.78, 5) is 12.7. The fourth-order valence-electron chi connectivity index (χ4n) is 3.55. The number of amides is 1. The highest BCUT2D eigenvalue weighted by Gasteiger charge is 2.27. The molecule has 1 N–H and O–H groups in total. The first-order valence-electron chi connectivity index (χ1n) is 9.03. The van der Waals surface area contributed by atoms with Gasteiger partial charge in [-0.1, -0.05) is 43.2 Å². The minimum absolute atomic E-state index is 0.0535. The standard InChI is InChI=1S/C20H27N3O/c1-15(2)23-13-12-18(22-23)20(24)21-19(17-10-6-7-11-17)14-16-8-4-3-5-9-16/h3-5,8-9,12-13,15,17,19H,6-7,10-11,14H2,1-2H3,(H,21,24). The van der Waals surface area contributed by atoms with E-state index in [1.54, 1.807) is 0 Å². The van der Waals surface area contributed by atoms with Crippen LogP contribution in [-0.2, 0) is 6.42 Å². The molecule has 0 aliphatic heterocycles. The lowest BCUT2D eigenvalue weighted by Gasteiger charge is -2.24. The monoisotopic (exact) mass is 325 g/mol. The molecule has 1 heterocycles. The van der Waals surface area contributed by atoms with E-state index in [0.29, 0.717) is 11.6 Å². The molecular formula is C20H27N3O. The largest absolute Gasteiger partial charge is 0.347 e. The highest BCUT2D eigenvalue weighted by atomic mass is 16.2. The van der Waals surface area contributed by atoms with Gasteiger partial charge in [-0.3, -0.25) is 9.48 Å². The van der Waals surface area contributed by atoms with Crippen LogP contribution in [0, 0.1) is 5.92 Å². The molecule has 1 amide bonds. The lowest BCUT2D eigenvalue weighted by Crippen LogP contribution is -2.41. The van der Waals surface area contributed by atoms with Crippen LogP contribution < -0.4 is 5.32 Å². The van der Waals surface area contributed by atoms with Crippen LogP contribution in [-0.4, -0.2) is 21.7 Å². The summed E-state index contributed by atoms with van der Waals surface area (Å²) in [6.45, 7) is 4.12. The van der Waals surface area contributed by atoms with Gasteiger partial charge >= 0.3 is 0 Å². The minimum Gasteiger partial charge on any atom is -0.347 e. The molecule has 1 unspecified atom stereocenters. The number of rotatable bonds is 6. The number of benzene rings is 1. The smallest absolute Gasteiger partial charge is 0.272 e. The molecule has 0 bridgehead atoms. The normalized spacial score (nSPS) is 16.5. The van der Waals surface area contributed by atoms with Crippen LogP contribution >= 0.6 is 0 Å². The zero-order chi connectivity index (χ0) is 16.9. The van der Waals surface area contributed by atoms with E-state index in [1.807, 2.05) is 23.0 Å². The zero-order valence-electron chi connectivity index (χ0n) is 14.6. The van der Waals surface area contributed by atoms with Crippen LogP contribution in [0.4, 0.5) is 0 Å². The molecule has 0 spiro atoms. The molecule has 4 nitrogen and oxygen atoms in total. The van der Waals surface area contributed by atoms with Crippen LogP contribution in [0.2, 0.25) is 0 Å². The minimum atomic E-state index is -0.0535. The summed E-state index contributed by atoms with van der Waals surface area (Å²) in [7, 11) is 0. The number of hydrogen-bond acceptors (Lipinski definition) is 2. The molecule has 1 aromatic carbocycles. The first kappa shape index (κ1) is 16.7. The fraction of sp³-hybridized carbons (Fsp3) is 0.500. The first-order valence-corrected chi connectivity index (χ1v) is 9.03. The molecule has 1 atom stereocenters. The van der Waals surface area contributed by atoms with E-state index in [4.69, 9.17) is 0 Å². The number of aromatic nitrogens is 2. The van der Waals surface area contributed by atoms with E-state index in [2.05, 4.69) is 48.5 Å². The molecular weight excluding hydrogens is 298 g/mol. The van der Waals surface area contributed by atoms with Crippen LogP contribution in [0.1, 0.15) is 61.6 Å². The lowest BCUT2D eigenvalue weighted by molar-refractivity contribution is 0.0916. The topological polar surface area (TPSA) is 46.9 Å². The Balaban J connectivity index is 1.71. The van der Waals surface area contributed by atoms with Crippen LogP contribution in [0.3, 0.4) is 0 Å². The van der Waals surface area contributed by atoms with Crippen molar-refractivity contribution in [3.8, 4) is 0 Å². The van der Waals surface area contributed by atoms with Gasteiger partial charge in [-0.15, -0.1) is 0 Å².